The summed E-state index contributed by atoms with van der Waals surface area (Å²) in [5.74, 6) is -0.812. The summed E-state index contributed by atoms with van der Waals surface area (Å²) < 4.78 is 34.0. The molecule has 0 radical (unpaired) electrons. The molecule has 0 amide bonds. The van der Waals surface area contributed by atoms with Crippen LogP contribution in [0.2, 0.25) is 0 Å². The predicted octanol–water partition coefficient (Wildman–Crippen LogP) is 9.07. The zero-order chi connectivity index (χ0) is 33.7. The van der Waals surface area contributed by atoms with Crippen LogP contribution >= 0.6 is 7.82 Å². The van der Waals surface area contributed by atoms with Crippen molar-refractivity contribution < 1.29 is 42.1 Å². The molecule has 0 fully saturated rings. The van der Waals surface area contributed by atoms with Crippen LogP contribution in [0.1, 0.15) is 149 Å². The zero-order valence-corrected chi connectivity index (χ0v) is 30.5. The molecule has 0 spiro atoms. The van der Waals surface area contributed by atoms with E-state index >= 15 is 0 Å². The molecule has 0 aromatic rings. The second-order valence-electron chi connectivity index (χ2n) is 13.3. The summed E-state index contributed by atoms with van der Waals surface area (Å²) in [6, 6.07) is 0. The molecule has 1 unspecified atom stereocenters. The average Bonchev–Trinajstić information content (AvgIpc) is 2.97. The maximum Gasteiger partial charge on any atom is 0.472 e. The van der Waals surface area contributed by atoms with Crippen molar-refractivity contribution in [1.29, 1.82) is 0 Å². The highest BCUT2D eigenvalue weighted by molar-refractivity contribution is 7.47. The van der Waals surface area contributed by atoms with Crippen molar-refractivity contribution in [3.05, 3.63) is 12.2 Å². The SMILES string of the molecule is CCCCC/C=C\CCCCCCCC(=O)OC[C@H](COP(=O)(O)OCC[N+](C)(C)C)OC(=O)CCCCCCCCCCC. The van der Waals surface area contributed by atoms with Gasteiger partial charge in [-0.3, -0.25) is 18.6 Å². The molecule has 1 N–H and O–H groups in total. The number of nitrogens with zero attached hydrogens (tertiary/aromatic N) is 1. The Labute approximate surface area is 276 Å². The van der Waals surface area contributed by atoms with Crippen LogP contribution in [0.15, 0.2) is 12.2 Å². The largest absolute Gasteiger partial charge is 0.472 e. The Hall–Kier alpha value is -1.25. The summed E-state index contributed by atoms with van der Waals surface area (Å²) in [5, 5.41) is 0. The number of quaternary nitrogens is 1. The van der Waals surface area contributed by atoms with Crippen LogP contribution in [-0.4, -0.2) is 74.9 Å². The van der Waals surface area contributed by atoms with Gasteiger partial charge in [0.05, 0.1) is 27.7 Å². The van der Waals surface area contributed by atoms with Crippen molar-refractivity contribution in [3.8, 4) is 0 Å². The number of phosphoric ester groups is 1. The molecular formula is C35H69NO8P+. The molecule has 0 rings (SSSR count). The molecule has 0 saturated carbocycles. The van der Waals surface area contributed by atoms with E-state index in [9.17, 15) is 19.0 Å². The fourth-order valence-electron chi connectivity index (χ4n) is 4.65. The lowest BCUT2D eigenvalue weighted by molar-refractivity contribution is -0.870. The van der Waals surface area contributed by atoms with Gasteiger partial charge in [0.15, 0.2) is 6.10 Å². The molecule has 0 heterocycles. The van der Waals surface area contributed by atoms with Crippen molar-refractivity contribution in [2.45, 2.75) is 155 Å². The lowest BCUT2D eigenvalue weighted by Crippen LogP contribution is -2.37. The quantitative estimate of drug-likeness (QED) is 0.0250. The number of likely N-dealkylation sites (N-methyl/N-ethyl adjacent to an activating group) is 1. The number of rotatable bonds is 32. The standard InChI is InChI=1S/C35H68NO8P/c1-6-8-10-12-14-16-17-18-20-21-23-25-27-34(37)41-31-33(32-43-45(39,40)42-30-29-36(3,4)5)44-35(38)28-26-24-22-19-15-13-11-9-7-2/h14,16,33H,6-13,15,17-32H2,1-5H3/p+1/b16-14-/t33-/m1/s1. The van der Waals surface area contributed by atoms with E-state index in [4.69, 9.17) is 18.5 Å². The maximum atomic E-state index is 12.5. The summed E-state index contributed by atoms with van der Waals surface area (Å²) >= 11 is 0. The molecule has 266 valence electrons. The summed E-state index contributed by atoms with van der Waals surface area (Å²) in [4.78, 5) is 35.0. The molecule has 0 aromatic heterocycles. The Bertz CT molecular complexity index is 799. The summed E-state index contributed by atoms with van der Waals surface area (Å²) in [5.41, 5.74) is 0. The van der Waals surface area contributed by atoms with Gasteiger partial charge in [-0.15, -0.1) is 0 Å². The molecule has 2 atom stereocenters. The van der Waals surface area contributed by atoms with Crippen LogP contribution < -0.4 is 0 Å². The number of carbonyl (C=O) groups excluding carboxylic acids is 2. The number of allylic oxidation sites excluding steroid dienone is 2. The summed E-state index contributed by atoms with van der Waals surface area (Å²) in [6.07, 6.45) is 25.5. The first kappa shape index (κ1) is 43.8. The predicted molar refractivity (Wildman–Crippen MR) is 183 cm³/mol. The average molecular weight is 663 g/mol. The fraction of sp³-hybridized carbons (Fsp3) is 0.886. The third-order valence-electron chi connectivity index (χ3n) is 7.55. The topological polar surface area (TPSA) is 108 Å². The van der Waals surface area contributed by atoms with Gasteiger partial charge in [-0.2, -0.15) is 0 Å². The van der Waals surface area contributed by atoms with Gasteiger partial charge in [0.1, 0.15) is 19.8 Å². The molecule has 10 heteroatoms. The Balaban J connectivity index is 4.47. The van der Waals surface area contributed by atoms with E-state index in [0.29, 0.717) is 17.4 Å². The highest BCUT2D eigenvalue weighted by Gasteiger charge is 2.27. The van der Waals surface area contributed by atoms with E-state index in [1.807, 2.05) is 21.1 Å². The highest BCUT2D eigenvalue weighted by atomic mass is 31.2. The molecule has 45 heavy (non-hydrogen) atoms. The minimum atomic E-state index is -4.36. The van der Waals surface area contributed by atoms with E-state index in [-0.39, 0.29) is 32.0 Å². The van der Waals surface area contributed by atoms with Gasteiger partial charge in [-0.05, 0) is 38.5 Å². The van der Waals surface area contributed by atoms with Crippen molar-refractivity contribution >= 4 is 19.8 Å². The fourth-order valence-corrected chi connectivity index (χ4v) is 5.39. The Morgan fingerprint density at radius 3 is 1.69 bits per heavy atom. The lowest BCUT2D eigenvalue weighted by atomic mass is 10.1. The van der Waals surface area contributed by atoms with Crippen LogP contribution in [0.4, 0.5) is 0 Å². The van der Waals surface area contributed by atoms with E-state index in [2.05, 4.69) is 26.0 Å². The molecule has 0 aliphatic carbocycles. The second kappa shape index (κ2) is 28.9. The van der Waals surface area contributed by atoms with E-state index in [1.54, 1.807) is 0 Å². The summed E-state index contributed by atoms with van der Waals surface area (Å²) in [7, 11) is 1.47. The monoisotopic (exact) mass is 662 g/mol. The van der Waals surface area contributed by atoms with Gasteiger partial charge in [-0.25, -0.2) is 4.57 Å². The Morgan fingerprint density at radius 1 is 0.667 bits per heavy atom. The lowest BCUT2D eigenvalue weighted by Gasteiger charge is -2.24. The molecule has 0 aromatic carbocycles. The van der Waals surface area contributed by atoms with Crippen LogP contribution in [-0.2, 0) is 32.7 Å². The van der Waals surface area contributed by atoms with Gasteiger partial charge in [0.2, 0.25) is 0 Å². The van der Waals surface area contributed by atoms with Gasteiger partial charge in [0, 0.05) is 12.8 Å². The smallest absolute Gasteiger partial charge is 0.462 e. The van der Waals surface area contributed by atoms with Crippen LogP contribution in [0.3, 0.4) is 0 Å². The Kier molecular flexibility index (Phi) is 28.1. The van der Waals surface area contributed by atoms with Gasteiger partial charge >= 0.3 is 19.8 Å². The van der Waals surface area contributed by atoms with E-state index < -0.39 is 26.5 Å². The number of phosphoric acid groups is 1. The minimum absolute atomic E-state index is 0.0328. The molecule has 0 bridgehead atoms. The highest BCUT2D eigenvalue weighted by Crippen LogP contribution is 2.43. The molecule has 9 nitrogen and oxygen atoms in total. The first-order valence-electron chi connectivity index (χ1n) is 17.9. The first-order valence-corrected chi connectivity index (χ1v) is 19.4. The van der Waals surface area contributed by atoms with Gasteiger partial charge in [-0.1, -0.05) is 109 Å². The number of ether oxygens (including phenoxy) is 2. The third-order valence-corrected chi connectivity index (χ3v) is 8.53. The second-order valence-corrected chi connectivity index (χ2v) is 14.7. The van der Waals surface area contributed by atoms with Crippen molar-refractivity contribution in [2.24, 2.45) is 0 Å². The molecule has 0 aliphatic heterocycles. The zero-order valence-electron chi connectivity index (χ0n) is 29.6. The first-order chi connectivity index (χ1) is 21.5. The van der Waals surface area contributed by atoms with Crippen LogP contribution in [0.5, 0.6) is 0 Å². The van der Waals surface area contributed by atoms with E-state index in [1.165, 1.54) is 64.2 Å². The third kappa shape index (κ3) is 32.5. The molecule has 0 saturated heterocycles. The van der Waals surface area contributed by atoms with Gasteiger partial charge in [0.25, 0.3) is 0 Å². The number of hydrogen-bond donors (Lipinski definition) is 1. The number of hydrogen-bond acceptors (Lipinski definition) is 7. The molecular weight excluding hydrogens is 593 g/mol. The normalized spacial score (nSPS) is 14.0. The summed E-state index contributed by atoms with van der Waals surface area (Å²) in [6.45, 7) is 4.34. The minimum Gasteiger partial charge on any atom is -0.462 e. The van der Waals surface area contributed by atoms with Crippen molar-refractivity contribution in [1.82, 2.24) is 0 Å². The molecule has 0 aliphatic rings. The number of carbonyl (C=O) groups is 2. The van der Waals surface area contributed by atoms with Crippen molar-refractivity contribution in [2.75, 3.05) is 47.5 Å². The van der Waals surface area contributed by atoms with E-state index in [0.717, 1.165) is 51.4 Å². The van der Waals surface area contributed by atoms with Crippen molar-refractivity contribution in [3.63, 3.8) is 0 Å². The maximum absolute atomic E-state index is 12.5. The number of esters is 2. The number of unbranched alkanes of at least 4 members (excludes halogenated alkanes) is 16. The van der Waals surface area contributed by atoms with Gasteiger partial charge < -0.3 is 18.9 Å². The van der Waals surface area contributed by atoms with Crippen LogP contribution in [0.25, 0.3) is 0 Å². The Morgan fingerprint density at radius 2 is 1.13 bits per heavy atom. The van der Waals surface area contributed by atoms with Crippen LogP contribution in [0, 0.1) is 0 Å².